The van der Waals surface area contributed by atoms with Crippen LogP contribution in [0.4, 0.5) is 0 Å². The van der Waals surface area contributed by atoms with Crippen LogP contribution < -0.4 is 10.1 Å². The van der Waals surface area contributed by atoms with Gasteiger partial charge in [-0.2, -0.15) is 4.31 Å². The smallest absolute Gasteiger partial charge is 0.252 e. The van der Waals surface area contributed by atoms with Crippen molar-refractivity contribution in [2.75, 3.05) is 33.4 Å². The second-order valence-corrected chi connectivity index (χ2v) is 7.77. The van der Waals surface area contributed by atoms with Crippen molar-refractivity contribution in [3.8, 4) is 18.1 Å². The lowest BCUT2D eigenvalue weighted by Crippen LogP contribution is -2.40. The minimum absolute atomic E-state index is 0.0395. The highest BCUT2D eigenvalue weighted by Crippen LogP contribution is 2.28. The van der Waals surface area contributed by atoms with E-state index in [0.29, 0.717) is 19.6 Å². The van der Waals surface area contributed by atoms with Crippen LogP contribution in [-0.4, -0.2) is 58.1 Å². The summed E-state index contributed by atoms with van der Waals surface area (Å²) in [4.78, 5) is 12.4. The lowest BCUT2D eigenvalue weighted by atomic mass is 10.1. The van der Waals surface area contributed by atoms with Crippen LogP contribution in [0.2, 0.25) is 0 Å². The number of nitrogens with one attached hydrogen (secondary N) is 1. The minimum atomic E-state index is -3.80. The Morgan fingerprint density at radius 1 is 1.42 bits per heavy atom. The Labute approximate surface area is 154 Å². The Kier molecular flexibility index (Phi) is 7.03. The van der Waals surface area contributed by atoms with Gasteiger partial charge < -0.3 is 14.8 Å². The van der Waals surface area contributed by atoms with Crippen molar-refractivity contribution in [2.45, 2.75) is 30.7 Å². The first-order chi connectivity index (χ1) is 12.4. The van der Waals surface area contributed by atoms with Gasteiger partial charge in [0.05, 0.1) is 26.4 Å². The Balaban J connectivity index is 2.33. The van der Waals surface area contributed by atoms with Gasteiger partial charge in [-0.05, 0) is 24.6 Å². The number of hydrogen-bond donors (Lipinski definition) is 1. The zero-order valence-corrected chi connectivity index (χ0v) is 15.8. The van der Waals surface area contributed by atoms with Crippen LogP contribution in [0.25, 0.3) is 0 Å². The summed E-state index contributed by atoms with van der Waals surface area (Å²) in [7, 11) is -2.41. The predicted molar refractivity (Wildman–Crippen MR) is 97.6 cm³/mol. The third-order valence-electron chi connectivity index (χ3n) is 4.10. The van der Waals surface area contributed by atoms with Crippen molar-refractivity contribution in [3.05, 3.63) is 23.8 Å². The molecule has 1 aromatic carbocycles. The van der Waals surface area contributed by atoms with Gasteiger partial charge in [-0.25, -0.2) is 8.42 Å². The van der Waals surface area contributed by atoms with Gasteiger partial charge in [-0.3, -0.25) is 4.79 Å². The average Bonchev–Trinajstić information content (AvgIpc) is 2.67. The molecule has 0 saturated carbocycles. The molecule has 1 heterocycles. The van der Waals surface area contributed by atoms with E-state index >= 15 is 0 Å². The number of rotatable bonds is 7. The maximum Gasteiger partial charge on any atom is 0.252 e. The van der Waals surface area contributed by atoms with Crippen LogP contribution >= 0.6 is 0 Å². The summed E-state index contributed by atoms with van der Waals surface area (Å²) < 4.78 is 37.6. The van der Waals surface area contributed by atoms with E-state index in [2.05, 4.69) is 11.2 Å². The SMILES string of the molecule is C#C[C@H](CCC)NC(=O)c1ccc(OC)c(S(=O)(=O)N2CCOCC2)c1. The van der Waals surface area contributed by atoms with Crippen LogP contribution in [0.1, 0.15) is 30.1 Å². The molecule has 0 spiro atoms. The summed E-state index contributed by atoms with van der Waals surface area (Å²) in [6, 6.07) is 3.94. The van der Waals surface area contributed by atoms with Crippen LogP contribution in [0, 0.1) is 12.3 Å². The van der Waals surface area contributed by atoms with Crippen LogP contribution in [0.3, 0.4) is 0 Å². The van der Waals surface area contributed by atoms with E-state index in [9.17, 15) is 13.2 Å². The Hall–Kier alpha value is -2.08. The first-order valence-corrected chi connectivity index (χ1v) is 9.91. The maximum absolute atomic E-state index is 12.9. The second kappa shape index (κ2) is 9.03. The number of sulfonamides is 1. The van der Waals surface area contributed by atoms with E-state index in [4.69, 9.17) is 15.9 Å². The first-order valence-electron chi connectivity index (χ1n) is 8.47. The lowest BCUT2D eigenvalue weighted by Gasteiger charge is -2.26. The molecule has 142 valence electrons. The van der Waals surface area contributed by atoms with Crippen LogP contribution in [0.5, 0.6) is 5.75 Å². The molecule has 8 heteroatoms. The van der Waals surface area contributed by atoms with Gasteiger partial charge in [0.25, 0.3) is 5.91 Å². The van der Waals surface area contributed by atoms with Gasteiger partial charge in [0, 0.05) is 18.7 Å². The fourth-order valence-electron chi connectivity index (χ4n) is 2.67. The monoisotopic (exact) mass is 380 g/mol. The summed E-state index contributed by atoms with van der Waals surface area (Å²) in [5, 5.41) is 2.74. The lowest BCUT2D eigenvalue weighted by molar-refractivity contribution is 0.0729. The third-order valence-corrected chi connectivity index (χ3v) is 6.02. The number of benzene rings is 1. The van der Waals surface area contributed by atoms with Crippen molar-refractivity contribution in [1.82, 2.24) is 9.62 Å². The Morgan fingerprint density at radius 2 is 2.12 bits per heavy atom. The summed E-state index contributed by atoms with van der Waals surface area (Å²) >= 11 is 0. The van der Waals surface area contributed by atoms with E-state index in [-0.39, 0.29) is 29.3 Å². The van der Waals surface area contributed by atoms with Crippen LogP contribution in [0.15, 0.2) is 23.1 Å². The number of morpholine rings is 1. The number of methoxy groups -OCH3 is 1. The molecule has 2 rings (SSSR count). The molecule has 7 nitrogen and oxygen atoms in total. The highest BCUT2D eigenvalue weighted by atomic mass is 32.2. The number of hydrogen-bond acceptors (Lipinski definition) is 5. The summed E-state index contributed by atoms with van der Waals surface area (Å²) in [5.74, 6) is 2.30. The second-order valence-electron chi connectivity index (χ2n) is 5.86. The van der Waals surface area contributed by atoms with Gasteiger partial charge in [0.15, 0.2) is 0 Å². The number of carbonyl (C=O) groups excluding carboxylic acids is 1. The van der Waals surface area contributed by atoms with Crippen molar-refractivity contribution in [2.24, 2.45) is 0 Å². The molecule has 1 aliphatic rings. The number of ether oxygens (including phenoxy) is 2. The molecule has 0 radical (unpaired) electrons. The zero-order valence-electron chi connectivity index (χ0n) is 15.0. The summed E-state index contributed by atoms with van der Waals surface area (Å²) in [5.41, 5.74) is 0.217. The van der Waals surface area contributed by atoms with E-state index in [1.807, 2.05) is 6.92 Å². The molecule has 26 heavy (non-hydrogen) atoms. The van der Waals surface area contributed by atoms with Gasteiger partial charge >= 0.3 is 0 Å². The fraction of sp³-hybridized carbons (Fsp3) is 0.500. The Morgan fingerprint density at radius 3 is 2.69 bits per heavy atom. The molecule has 1 saturated heterocycles. The van der Waals surface area contributed by atoms with E-state index in [1.165, 1.54) is 29.6 Å². The molecule has 1 aliphatic heterocycles. The van der Waals surface area contributed by atoms with Gasteiger partial charge in [0.2, 0.25) is 10.0 Å². The van der Waals surface area contributed by atoms with Gasteiger partial charge in [0.1, 0.15) is 10.6 Å². The molecular formula is C18H24N2O5S. The van der Waals surface area contributed by atoms with Crippen LogP contribution in [-0.2, 0) is 14.8 Å². The molecule has 1 amide bonds. The molecule has 0 aromatic heterocycles. The first kappa shape index (κ1) is 20.2. The third kappa shape index (κ3) is 4.55. The molecule has 0 unspecified atom stereocenters. The number of carbonyl (C=O) groups is 1. The maximum atomic E-state index is 12.9. The van der Waals surface area contributed by atoms with Crippen molar-refractivity contribution in [1.29, 1.82) is 0 Å². The molecule has 1 N–H and O–H groups in total. The van der Waals surface area contributed by atoms with E-state index in [1.54, 1.807) is 0 Å². The summed E-state index contributed by atoms with van der Waals surface area (Å²) in [6.07, 6.45) is 6.91. The standard InChI is InChI=1S/C18H24N2O5S/c1-4-6-15(5-2)19-18(21)14-7-8-16(24-3)17(13-14)26(22,23)20-9-11-25-12-10-20/h2,7-8,13,15H,4,6,9-12H2,1,3H3,(H,19,21)/t15-/m1/s1. The summed E-state index contributed by atoms with van der Waals surface area (Å²) in [6.45, 7) is 3.16. The number of terminal acetylenes is 1. The molecule has 1 atom stereocenters. The topological polar surface area (TPSA) is 84.9 Å². The fourth-order valence-corrected chi connectivity index (χ4v) is 4.26. The highest BCUT2D eigenvalue weighted by Gasteiger charge is 2.30. The minimum Gasteiger partial charge on any atom is -0.495 e. The molecular weight excluding hydrogens is 356 g/mol. The number of nitrogens with zero attached hydrogens (tertiary/aromatic N) is 1. The molecule has 1 aromatic rings. The van der Waals surface area contributed by atoms with Crippen molar-refractivity contribution >= 4 is 15.9 Å². The Bertz CT molecular complexity index is 779. The molecule has 0 aliphatic carbocycles. The van der Waals surface area contributed by atoms with Crippen molar-refractivity contribution < 1.29 is 22.7 Å². The highest BCUT2D eigenvalue weighted by molar-refractivity contribution is 7.89. The van der Waals surface area contributed by atoms with Crippen molar-refractivity contribution in [3.63, 3.8) is 0 Å². The molecule has 0 bridgehead atoms. The van der Waals surface area contributed by atoms with E-state index < -0.39 is 22.0 Å². The number of amides is 1. The molecule has 1 fully saturated rings. The zero-order chi connectivity index (χ0) is 19.2. The van der Waals surface area contributed by atoms with Gasteiger partial charge in [-0.15, -0.1) is 6.42 Å². The van der Waals surface area contributed by atoms with E-state index in [0.717, 1.165) is 6.42 Å². The normalized spacial score (nSPS) is 16.5. The largest absolute Gasteiger partial charge is 0.495 e. The average molecular weight is 380 g/mol. The quantitative estimate of drug-likeness (QED) is 0.720. The predicted octanol–water partition coefficient (Wildman–Crippen LogP) is 1.25. The van der Waals surface area contributed by atoms with Gasteiger partial charge in [-0.1, -0.05) is 19.3 Å².